The maximum atomic E-state index is 13.4. The van der Waals surface area contributed by atoms with E-state index in [1.165, 1.54) is 30.6 Å². The maximum absolute atomic E-state index is 13.4. The average molecular weight is 425 g/mol. The first-order valence-corrected chi connectivity index (χ1v) is 10.2. The molecule has 4 aromatic rings. The third-order valence-corrected chi connectivity index (χ3v) is 5.89. The van der Waals surface area contributed by atoms with E-state index in [4.69, 9.17) is 5.73 Å². The van der Waals surface area contributed by atoms with Crippen LogP contribution in [0.4, 0.5) is 15.9 Å². The van der Waals surface area contributed by atoms with E-state index in [1.807, 2.05) is 0 Å². The standard InChI is InChI=1S/C20H16FN5O3S/c1-26-10-16(17-19(22)23-11-24-20(17)26)18(27)12-4-2-6-14(8-12)25-30(28,29)15-7-3-5-13(21)9-15/h2-11,25H,1H3,(H2,22,23,24). The van der Waals surface area contributed by atoms with Crippen molar-refractivity contribution in [3.63, 3.8) is 0 Å². The number of hydrogen-bond donors (Lipinski definition) is 2. The molecular formula is C20H16FN5O3S. The van der Waals surface area contributed by atoms with E-state index in [-0.39, 0.29) is 27.7 Å². The van der Waals surface area contributed by atoms with Crippen LogP contribution in [-0.4, -0.2) is 28.7 Å². The number of halogens is 1. The summed E-state index contributed by atoms with van der Waals surface area (Å²) in [6.07, 6.45) is 2.91. The molecule has 8 nitrogen and oxygen atoms in total. The smallest absolute Gasteiger partial charge is 0.261 e. The van der Waals surface area contributed by atoms with Crippen LogP contribution in [0.3, 0.4) is 0 Å². The van der Waals surface area contributed by atoms with Crippen LogP contribution >= 0.6 is 0 Å². The lowest BCUT2D eigenvalue weighted by molar-refractivity contribution is 0.104. The SMILES string of the molecule is Cn1cc(C(=O)c2cccc(NS(=O)(=O)c3cccc(F)c3)c2)c2c(N)ncnc21. The highest BCUT2D eigenvalue weighted by Gasteiger charge is 2.20. The van der Waals surface area contributed by atoms with Gasteiger partial charge in [0.25, 0.3) is 10.0 Å². The molecule has 2 aromatic carbocycles. The first-order chi connectivity index (χ1) is 14.3. The summed E-state index contributed by atoms with van der Waals surface area (Å²) in [4.78, 5) is 21.0. The molecule has 30 heavy (non-hydrogen) atoms. The third-order valence-electron chi connectivity index (χ3n) is 4.51. The quantitative estimate of drug-likeness (QED) is 0.475. The van der Waals surface area contributed by atoms with Crippen molar-refractivity contribution in [2.24, 2.45) is 7.05 Å². The number of aryl methyl sites for hydroxylation is 1. The highest BCUT2D eigenvalue weighted by Crippen LogP contribution is 2.26. The molecule has 0 radical (unpaired) electrons. The van der Waals surface area contributed by atoms with Crippen molar-refractivity contribution in [2.45, 2.75) is 4.90 Å². The second-order valence-electron chi connectivity index (χ2n) is 6.58. The zero-order chi connectivity index (χ0) is 21.5. The van der Waals surface area contributed by atoms with Crippen LogP contribution in [0, 0.1) is 5.82 Å². The largest absolute Gasteiger partial charge is 0.383 e. The molecule has 2 aromatic heterocycles. The van der Waals surface area contributed by atoms with Crippen LogP contribution in [-0.2, 0) is 17.1 Å². The van der Waals surface area contributed by atoms with Crippen molar-refractivity contribution in [3.8, 4) is 0 Å². The molecule has 0 aliphatic heterocycles. The Morgan fingerprint density at radius 1 is 1.13 bits per heavy atom. The fourth-order valence-electron chi connectivity index (χ4n) is 3.13. The molecule has 0 bridgehead atoms. The number of ketones is 1. The molecule has 0 spiro atoms. The van der Waals surface area contributed by atoms with Gasteiger partial charge in [0.1, 0.15) is 23.6 Å². The van der Waals surface area contributed by atoms with E-state index in [1.54, 1.807) is 29.9 Å². The van der Waals surface area contributed by atoms with Gasteiger partial charge < -0.3 is 10.3 Å². The minimum absolute atomic E-state index is 0.162. The van der Waals surface area contributed by atoms with E-state index >= 15 is 0 Å². The number of nitrogens with two attached hydrogens (primary N) is 1. The van der Waals surface area contributed by atoms with Gasteiger partial charge in [0.15, 0.2) is 5.78 Å². The van der Waals surface area contributed by atoms with Gasteiger partial charge in [0, 0.05) is 24.5 Å². The topological polar surface area (TPSA) is 120 Å². The number of aromatic nitrogens is 3. The molecule has 0 amide bonds. The Morgan fingerprint density at radius 3 is 2.67 bits per heavy atom. The molecule has 10 heteroatoms. The number of sulfonamides is 1. The van der Waals surface area contributed by atoms with Crippen LogP contribution < -0.4 is 10.5 Å². The van der Waals surface area contributed by atoms with Crippen molar-refractivity contribution in [2.75, 3.05) is 10.5 Å². The Hall–Kier alpha value is -3.79. The number of hydrogen-bond acceptors (Lipinski definition) is 6. The van der Waals surface area contributed by atoms with E-state index in [0.29, 0.717) is 16.6 Å². The lowest BCUT2D eigenvalue weighted by Gasteiger charge is -2.09. The number of benzene rings is 2. The molecule has 2 heterocycles. The highest BCUT2D eigenvalue weighted by atomic mass is 32.2. The summed E-state index contributed by atoms with van der Waals surface area (Å²) >= 11 is 0. The van der Waals surface area contributed by atoms with Crippen molar-refractivity contribution in [1.29, 1.82) is 0 Å². The van der Waals surface area contributed by atoms with Crippen LogP contribution in [0.25, 0.3) is 11.0 Å². The van der Waals surface area contributed by atoms with Gasteiger partial charge >= 0.3 is 0 Å². The number of fused-ring (bicyclic) bond motifs is 1. The monoisotopic (exact) mass is 425 g/mol. The van der Waals surface area contributed by atoms with E-state index < -0.39 is 15.8 Å². The van der Waals surface area contributed by atoms with Crippen LogP contribution in [0.5, 0.6) is 0 Å². The van der Waals surface area contributed by atoms with Crippen LogP contribution in [0.15, 0.2) is 66.0 Å². The minimum atomic E-state index is -4.03. The number of nitrogens with zero attached hydrogens (tertiary/aromatic N) is 3. The second-order valence-corrected chi connectivity index (χ2v) is 8.27. The fourth-order valence-corrected chi connectivity index (χ4v) is 4.21. The zero-order valence-corrected chi connectivity index (χ0v) is 16.5. The van der Waals surface area contributed by atoms with Crippen molar-refractivity contribution in [3.05, 3.63) is 78.0 Å². The van der Waals surface area contributed by atoms with Gasteiger partial charge in [0.2, 0.25) is 0 Å². The highest BCUT2D eigenvalue weighted by molar-refractivity contribution is 7.92. The summed E-state index contributed by atoms with van der Waals surface area (Å²) < 4.78 is 42.5. The lowest BCUT2D eigenvalue weighted by Crippen LogP contribution is -2.13. The Kier molecular flexibility index (Phi) is 4.70. The molecule has 0 atom stereocenters. The van der Waals surface area contributed by atoms with E-state index in [2.05, 4.69) is 14.7 Å². The molecule has 4 rings (SSSR count). The molecule has 0 saturated carbocycles. The summed E-state index contributed by atoms with van der Waals surface area (Å²) in [5, 5.41) is 0.427. The lowest BCUT2D eigenvalue weighted by atomic mass is 10.0. The molecule has 0 aliphatic rings. The number of nitrogen functional groups attached to an aromatic ring is 1. The summed E-state index contributed by atoms with van der Waals surface area (Å²) in [5.74, 6) is -0.863. The molecule has 152 valence electrons. The number of rotatable bonds is 5. The predicted octanol–water partition coefficient (Wildman–Crippen LogP) is 2.72. The summed E-state index contributed by atoms with van der Waals surface area (Å²) in [7, 11) is -2.29. The number of anilines is 2. The number of carbonyl (C=O) groups excluding carboxylic acids is 1. The summed E-state index contributed by atoms with van der Waals surface area (Å²) in [6, 6.07) is 10.6. The van der Waals surface area contributed by atoms with Gasteiger partial charge in [-0.2, -0.15) is 0 Å². The zero-order valence-electron chi connectivity index (χ0n) is 15.7. The number of carbonyl (C=O) groups is 1. The Bertz CT molecular complexity index is 1400. The van der Waals surface area contributed by atoms with Crippen molar-refractivity contribution in [1.82, 2.24) is 14.5 Å². The Labute approximate surface area is 171 Å². The van der Waals surface area contributed by atoms with Crippen LogP contribution in [0.2, 0.25) is 0 Å². The average Bonchev–Trinajstić information content (AvgIpc) is 3.05. The Balaban J connectivity index is 1.70. The molecule has 3 N–H and O–H groups in total. The van der Waals surface area contributed by atoms with E-state index in [9.17, 15) is 17.6 Å². The fraction of sp³-hybridized carbons (Fsp3) is 0.0500. The van der Waals surface area contributed by atoms with Gasteiger partial charge in [-0.3, -0.25) is 9.52 Å². The van der Waals surface area contributed by atoms with Gasteiger partial charge in [-0.15, -0.1) is 0 Å². The predicted molar refractivity (Wildman–Crippen MR) is 110 cm³/mol. The minimum Gasteiger partial charge on any atom is -0.383 e. The van der Waals surface area contributed by atoms with Gasteiger partial charge in [-0.05, 0) is 30.3 Å². The maximum Gasteiger partial charge on any atom is 0.261 e. The van der Waals surface area contributed by atoms with Gasteiger partial charge in [-0.25, -0.2) is 22.8 Å². The molecular weight excluding hydrogens is 409 g/mol. The van der Waals surface area contributed by atoms with Crippen molar-refractivity contribution >= 4 is 38.3 Å². The second kappa shape index (κ2) is 7.23. The molecule has 0 saturated heterocycles. The van der Waals surface area contributed by atoms with Crippen molar-refractivity contribution < 1.29 is 17.6 Å². The summed E-state index contributed by atoms with van der Waals surface area (Å²) in [6.45, 7) is 0. The first kappa shape index (κ1) is 19.5. The molecule has 0 unspecified atom stereocenters. The van der Waals surface area contributed by atoms with Crippen LogP contribution in [0.1, 0.15) is 15.9 Å². The summed E-state index contributed by atoms with van der Waals surface area (Å²) in [5.41, 5.74) is 7.15. The first-order valence-electron chi connectivity index (χ1n) is 8.75. The molecule has 0 aliphatic carbocycles. The third kappa shape index (κ3) is 3.48. The molecule has 0 fully saturated rings. The van der Waals surface area contributed by atoms with Gasteiger partial charge in [-0.1, -0.05) is 18.2 Å². The Morgan fingerprint density at radius 2 is 1.90 bits per heavy atom. The number of nitrogens with one attached hydrogen (secondary N) is 1. The normalized spacial score (nSPS) is 11.5. The van der Waals surface area contributed by atoms with E-state index in [0.717, 1.165) is 12.1 Å². The van der Waals surface area contributed by atoms with Gasteiger partial charge in [0.05, 0.1) is 15.8 Å².